The highest BCUT2D eigenvalue weighted by Crippen LogP contribution is 2.28. The maximum atomic E-state index is 5.85. The summed E-state index contributed by atoms with van der Waals surface area (Å²) in [5, 5.41) is 6.73. The number of anilines is 8. The third-order valence-corrected chi connectivity index (χ3v) is 19.4. The van der Waals surface area contributed by atoms with Gasteiger partial charge in [0.1, 0.15) is 17.4 Å². The van der Waals surface area contributed by atoms with Crippen molar-refractivity contribution < 1.29 is 13.9 Å². The van der Waals surface area contributed by atoms with Gasteiger partial charge in [-0.1, -0.05) is 240 Å². The topological polar surface area (TPSA) is 370 Å². The molecule has 7 aromatic carbocycles. The normalized spacial score (nSPS) is 12.5. The molecule has 2 fully saturated rings. The molecule has 16 rings (SSSR count). The number of nitrogen functional groups attached to an aromatic ring is 6. The molecule has 14 N–H and O–H groups in total. The first kappa shape index (κ1) is 86.4. The van der Waals surface area contributed by atoms with Crippen molar-refractivity contribution in [3.8, 4) is 67.5 Å². The number of nitrogens with zero attached hydrogens (tertiary/aromatic N) is 13. The van der Waals surface area contributed by atoms with Crippen molar-refractivity contribution in [3.05, 3.63) is 301 Å². The Bertz CT molecular complexity index is 5270. The molecule has 24 heteroatoms. The standard InChI is InChI=1S/C18H17N3.C16H21N5O.C16H15N3O.C16H19N3O.C15H20N4.C14H17N3/c19-18-20-16(12-11-14-7-3-1-4-8-14)13-17(21-18)15-9-5-2-6-10-15;17-16-19-14(13-4-2-1-3-5-13)12-15(20-16)18-6-7-21-8-10-22-11-9-21;17-16-18-13(8-9-14-7-4-10-20-14)11-15(19-16)12-5-2-1-3-6-12;17-16-18-14(10-12-6-8-20-9-7-12)11-15(19-16)13-4-2-1-3-5-13;1-3-12(4-2)17-14-10-13(18-15(16)19-14)11-8-6-5-7-9-11;1-10(2)8-12-9-13(17-14(15)16-12)11-6-4-3-5-7-11/h1-10,13H,11-12H2,(H2,19,20,21);1-5,12H,6-11H2,(H3,17,18,19,20);1-7,10-11H,8-9H2,(H2,17,18,19);1-5,11-12H,6-10H2,(H2,17,18,19);5-10,12H,3-4H2,1-2H3,(H3,16,17,18,19);3-7,9-10H,8H2,1-2H3,(H2,15,16,17). The first-order chi connectivity index (χ1) is 58.1. The Hall–Kier alpha value is -13.4. The number of nitrogens with one attached hydrogen (secondary N) is 2. The summed E-state index contributed by atoms with van der Waals surface area (Å²) in [6.07, 6.45) is 11.3. The fraction of sp³-hybridized carbons (Fsp3) is 0.263. The molecule has 2 saturated heterocycles. The molecule has 2 aliphatic rings. The van der Waals surface area contributed by atoms with Crippen molar-refractivity contribution in [1.29, 1.82) is 0 Å². The molecular weight excluding hydrogens is 1480 g/mol. The Morgan fingerprint density at radius 2 is 0.723 bits per heavy atom. The molecule has 2 aliphatic heterocycles. The monoisotopic (exact) mass is 1590 g/mol. The highest BCUT2D eigenvalue weighted by molar-refractivity contribution is 5.67. The van der Waals surface area contributed by atoms with E-state index in [2.05, 4.69) is 133 Å². The van der Waals surface area contributed by atoms with E-state index in [4.69, 9.17) is 48.3 Å². The van der Waals surface area contributed by atoms with Crippen LogP contribution in [0.3, 0.4) is 0 Å². The van der Waals surface area contributed by atoms with E-state index < -0.39 is 0 Å². The van der Waals surface area contributed by atoms with Crippen LogP contribution >= 0.6 is 0 Å². The lowest BCUT2D eigenvalue weighted by atomic mass is 9.94. The van der Waals surface area contributed by atoms with Gasteiger partial charge in [0.2, 0.25) is 35.7 Å². The van der Waals surface area contributed by atoms with Crippen LogP contribution < -0.4 is 45.0 Å². The number of hydrogen-bond acceptors (Lipinski definition) is 24. The zero-order valence-electron chi connectivity index (χ0n) is 68.4. The van der Waals surface area contributed by atoms with Crippen molar-refractivity contribution in [2.45, 2.75) is 97.9 Å². The van der Waals surface area contributed by atoms with E-state index in [1.54, 1.807) is 6.26 Å². The van der Waals surface area contributed by atoms with E-state index in [9.17, 15) is 0 Å². The van der Waals surface area contributed by atoms with Gasteiger partial charge in [-0.25, -0.2) is 49.8 Å². The number of ether oxygens (including phenoxy) is 2. The maximum Gasteiger partial charge on any atom is 0.222 e. The summed E-state index contributed by atoms with van der Waals surface area (Å²) in [7, 11) is 0. The van der Waals surface area contributed by atoms with Crippen molar-refractivity contribution in [2.75, 3.05) is 97.6 Å². The van der Waals surface area contributed by atoms with Crippen molar-refractivity contribution >= 4 is 47.3 Å². The Labute approximate surface area is 698 Å². The minimum Gasteiger partial charge on any atom is -0.469 e. The van der Waals surface area contributed by atoms with Gasteiger partial charge in [0, 0.05) is 120 Å². The van der Waals surface area contributed by atoms with Gasteiger partial charge in [0.05, 0.1) is 53.6 Å². The highest BCUT2D eigenvalue weighted by atomic mass is 16.5. The summed E-state index contributed by atoms with van der Waals surface area (Å²) in [6.45, 7) is 15.8. The molecule has 24 nitrogen and oxygen atoms in total. The molecular formula is C95H109N21O3. The number of aromatic nitrogens is 12. The number of furan rings is 1. The lowest BCUT2D eigenvalue weighted by molar-refractivity contribution is 0.0398. The van der Waals surface area contributed by atoms with E-state index in [0.29, 0.717) is 47.6 Å². The lowest BCUT2D eigenvalue weighted by Gasteiger charge is -2.26. The van der Waals surface area contributed by atoms with E-state index in [1.807, 2.05) is 231 Å². The fourth-order valence-electron chi connectivity index (χ4n) is 13.3. The van der Waals surface area contributed by atoms with E-state index in [0.717, 1.165) is 225 Å². The molecule has 0 radical (unpaired) electrons. The van der Waals surface area contributed by atoms with Crippen LogP contribution in [-0.4, -0.2) is 123 Å². The molecule has 9 heterocycles. The van der Waals surface area contributed by atoms with Crippen LogP contribution in [-0.2, 0) is 48.0 Å². The molecule has 0 amide bonds. The van der Waals surface area contributed by atoms with Gasteiger partial charge in [-0.15, -0.1) is 0 Å². The second kappa shape index (κ2) is 46.4. The molecule has 0 unspecified atom stereocenters. The highest BCUT2D eigenvalue weighted by Gasteiger charge is 2.18. The van der Waals surface area contributed by atoms with Crippen LogP contribution in [0.15, 0.2) is 272 Å². The van der Waals surface area contributed by atoms with Gasteiger partial charge in [-0.3, -0.25) is 4.90 Å². The third-order valence-electron chi connectivity index (χ3n) is 19.4. The second-order valence-electron chi connectivity index (χ2n) is 29.1. The van der Waals surface area contributed by atoms with E-state index in [-0.39, 0.29) is 5.95 Å². The summed E-state index contributed by atoms with van der Waals surface area (Å²) in [5.41, 5.74) is 51.7. The largest absolute Gasteiger partial charge is 0.469 e. The van der Waals surface area contributed by atoms with E-state index >= 15 is 0 Å². The number of rotatable bonds is 24. The van der Waals surface area contributed by atoms with Gasteiger partial charge in [-0.2, -0.15) is 9.97 Å². The fourth-order valence-corrected chi connectivity index (χ4v) is 13.3. The molecule has 612 valence electrons. The summed E-state index contributed by atoms with van der Waals surface area (Å²) in [6, 6.07) is 86.7. The van der Waals surface area contributed by atoms with Crippen molar-refractivity contribution in [1.82, 2.24) is 64.7 Å². The second-order valence-corrected chi connectivity index (χ2v) is 29.1. The molecule has 7 aromatic heterocycles. The first-order valence-electron chi connectivity index (χ1n) is 40.7. The Kier molecular flexibility index (Phi) is 33.7. The van der Waals surface area contributed by atoms with Crippen LogP contribution in [0.4, 0.5) is 47.3 Å². The zero-order valence-corrected chi connectivity index (χ0v) is 68.4. The molecule has 0 saturated carbocycles. The summed E-state index contributed by atoms with van der Waals surface area (Å²) >= 11 is 0. The minimum atomic E-state index is 0.287. The van der Waals surface area contributed by atoms with Crippen LogP contribution in [0.1, 0.15) is 87.5 Å². The maximum absolute atomic E-state index is 5.85. The Morgan fingerprint density at radius 1 is 0.370 bits per heavy atom. The Morgan fingerprint density at radius 3 is 1.13 bits per heavy atom. The van der Waals surface area contributed by atoms with Crippen molar-refractivity contribution in [3.63, 3.8) is 0 Å². The third kappa shape index (κ3) is 29.4. The van der Waals surface area contributed by atoms with Crippen LogP contribution in [0.25, 0.3) is 67.5 Å². The number of morpholine rings is 1. The lowest BCUT2D eigenvalue weighted by Crippen LogP contribution is -2.39. The van der Waals surface area contributed by atoms with Crippen molar-refractivity contribution in [2.24, 2.45) is 11.8 Å². The molecule has 14 aromatic rings. The average Bonchev–Trinajstić information content (AvgIpc) is 1.24. The van der Waals surface area contributed by atoms with Gasteiger partial charge in [0.15, 0.2) is 0 Å². The predicted molar refractivity (Wildman–Crippen MR) is 481 cm³/mol. The number of nitrogens with two attached hydrogens (primary N) is 6. The molecule has 0 bridgehead atoms. The molecule has 0 atom stereocenters. The van der Waals surface area contributed by atoms with Crippen LogP contribution in [0.2, 0.25) is 0 Å². The number of hydrogen-bond donors (Lipinski definition) is 8. The molecule has 0 aliphatic carbocycles. The van der Waals surface area contributed by atoms with Gasteiger partial charge in [-0.05, 0) is 112 Å². The molecule has 119 heavy (non-hydrogen) atoms. The van der Waals surface area contributed by atoms with Gasteiger partial charge < -0.3 is 58.9 Å². The van der Waals surface area contributed by atoms with Gasteiger partial charge in [0.25, 0.3) is 0 Å². The Balaban J connectivity index is 0.000000140. The average molecular weight is 1590 g/mol. The van der Waals surface area contributed by atoms with Gasteiger partial charge >= 0.3 is 0 Å². The zero-order chi connectivity index (χ0) is 83.2. The summed E-state index contributed by atoms with van der Waals surface area (Å²) in [4.78, 5) is 54.0. The SMILES string of the molecule is CC(C)Cc1cc(-c2ccccc2)nc(N)n1.CCC(CC)Nc1cc(-c2ccccc2)nc(N)n1.Nc1nc(CC2CCOCC2)cc(-c2ccccc2)n1.Nc1nc(CCc2ccccc2)cc(-c2ccccc2)n1.Nc1nc(CCc2ccco2)cc(-c2ccccc2)n1.Nc1nc(NCCN2CCOCC2)cc(-c2ccccc2)n1. The summed E-state index contributed by atoms with van der Waals surface area (Å²) in [5.74, 6) is 5.64. The first-order valence-corrected chi connectivity index (χ1v) is 40.7. The van der Waals surface area contributed by atoms with Crippen LogP contribution in [0, 0.1) is 11.8 Å². The minimum absolute atomic E-state index is 0.287. The predicted octanol–water partition coefficient (Wildman–Crippen LogP) is 17.0. The quantitative estimate of drug-likeness (QED) is 0.0278. The van der Waals surface area contributed by atoms with Crippen LogP contribution in [0.5, 0.6) is 0 Å². The molecule has 0 spiro atoms. The smallest absolute Gasteiger partial charge is 0.222 e. The number of benzene rings is 7. The number of aryl methyl sites for hydroxylation is 4. The van der Waals surface area contributed by atoms with E-state index in [1.165, 1.54) is 5.56 Å². The summed E-state index contributed by atoms with van der Waals surface area (Å²) < 4.78 is 16.1.